The minimum Gasteiger partial charge on any atom is -0.468 e. The van der Waals surface area contributed by atoms with Gasteiger partial charge in [0, 0.05) is 6.08 Å². The molecule has 1 atom stereocenters. The van der Waals surface area contributed by atoms with Crippen molar-refractivity contribution in [2.24, 2.45) is 0 Å². The van der Waals surface area contributed by atoms with Gasteiger partial charge in [0.1, 0.15) is 0 Å². The molecule has 1 aliphatic rings. The van der Waals surface area contributed by atoms with E-state index in [1.807, 2.05) is 6.92 Å². The maximum Gasteiger partial charge on any atom is 0.224 e. The van der Waals surface area contributed by atoms with Crippen LogP contribution in [0.1, 0.15) is 6.92 Å². The molecule has 1 radical (unpaired) electrons. The van der Waals surface area contributed by atoms with Crippen molar-refractivity contribution in [3.05, 3.63) is 24.0 Å². The largest absolute Gasteiger partial charge is 0.468 e. The molecule has 1 heterocycles. The summed E-state index contributed by atoms with van der Waals surface area (Å²) in [6.45, 7) is 1.85. The first kappa shape index (κ1) is 5.38. The fraction of sp³-hybridized carbons (Fsp3) is 0.333. The van der Waals surface area contributed by atoms with Crippen molar-refractivity contribution in [1.82, 2.24) is 0 Å². The zero-order valence-corrected chi connectivity index (χ0v) is 4.59. The van der Waals surface area contributed by atoms with Gasteiger partial charge in [0.2, 0.25) is 6.29 Å². The Kier molecular flexibility index (Phi) is 1.35. The average Bonchev–Trinajstić information content (AvgIpc) is 1.64. The van der Waals surface area contributed by atoms with Gasteiger partial charge < -0.3 is 9.84 Å². The van der Waals surface area contributed by atoms with E-state index in [1.54, 1.807) is 6.08 Å². The molecule has 43 valence electrons. The van der Waals surface area contributed by atoms with Crippen LogP contribution >= 0.6 is 0 Å². The van der Waals surface area contributed by atoms with E-state index in [0.29, 0.717) is 0 Å². The van der Waals surface area contributed by atoms with Gasteiger partial charge in [-0.3, -0.25) is 0 Å². The molecule has 1 unspecified atom stereocenters. The molecule has 0 aromatic rings. The lowest BCUT2D eigenvalue weighted by molar-refractivity contribution is -0.0204. The van der Waals surface area contributed by atoms with E-state index in [-0.39, 0.29) is 0 Å². The van der Waals surface area contributed by atoms with Crippen LogP contribution in [-0.2, 0) is 4.74 Å². The fourth-order valence-electron chi connectivity index (χ4n) is 0.493. The molecule has 1 aliphatic heterocycles. The minimum absolute atomic E-state index is 0.861. The zero-order chi connectivity index (χ0) is 5.98. The molecule has 2 nitrogen and oxygen atoms in total. The molecule has 8 heavy (non-hydrogen) atoms. The Bertz CT molecular complexity index is 135. The van der Waals surface area contributed by atoms with E-state index in [4.69, 9.17) is 5.11 Å². The van der Waals surface area contributed by atoms with Gasteiger partial charge in [-0.2, -0.15) is 0 Å². The lowest BCUT2D eigenvalue weighted by atomic mass is 10.2. The van der Waals surface area contributed by atoms with Crippen LogP contribution in [0.5, 0.6) is 0 Å². The number of rotatable bonds is 0. The predicted octanol–water partition coefficient (Wildman–Crippen LogP) is 0.598. The van der Waals surface area contributed by atoms with Crippen molar-refractivity contribution in [3.8, 4) is 0 Å². The Hall–Kier alpha value is -0.760. The molecule has 0 aromatic heterocycles. The van der Waals surface area contributed by atoms with Crippen LogP contribution in [0.4, 0.5) is 0 Å². The monoisotopic (exact) mass is 111 g/mol. The summed E-state index contributed by atoms with van der Waals surface area (Å²) in [6.07, 6.45) is 4.98. The Morgan fingerprint density at radius 1 is 1.88 bits per heavy atom. The molecule has 0 spiro atoms. The van der Waals surface area contributed by atoms with Crippen molar-refractivity contribution < 1.29 is 9.84 Å². The third-order valence-corrected chi connectivity index (χ3v) is 0.877. The van der Waals surface area contributed by atoms with Gasteiger partial charge in [-0.25, -0.2) is 0 Å². The number of ether oxygens (including phenoxy) is 1. The Morgan fingerprint density at radius 3 is 3.00 bits per heavy atom. The second-order valence-electron chi connectivity index (χ2n) is 1.62. The smallest absolute Gasteiger partial charge is 0.224 e. The molecule has 0 saturated carbocycles. The summed E-state index contributed by atoms with van der Waals surface area (Å²) < 4.78 is 4.59. The molecule has 0 aromatic carbocycles. The second kappa shape index (κ2) is 2.01. The van der Waals surface area contributed by atoms with Gasteiger partial charge in [0.15, 0.2) is 0 Å². The van der Waals surface area contributed by atoms with Gasteiger partial charge in [0.25, 0.3) is 0 Å². The highest BCUT2D eigenvalue weighted by Gasteiger charge is 2.01. The summed E-state index contributed by atoms with van der Waals surface area (Å²) in [7, 11) is 0. The fourth-order valence-corrected chi connectivity index (χ4v) is 0.493. The summed E-state index contributed by atoms with van der Waals surface area (Å²) in [6, 6.07) is 0. The summed E-state index contributed by atoms with van der Waals surface area (Å²) >= 11 is 0. The van der Waals surface area contributed by atoms with E-state index >= 15 is 0 Å². The van der Waals surface area contributed by atoms with E-state index < -0.39 is 6.29 Å². The van der Waals surface area contributed by atoms with Crippen molar-refractivity contribution in [2.45, 2.75) is 13.2 Å². The predicted molar refractivity (Wildman–Crippen MR) is 28.7 cm³/mol. The van der Waals surface area contributed by atoms with Crippen LogP contribution < -0.4 is 0 Å². The summed E-state index contributed by atoms with van der Waals surface area (Å²) in [5, 5.41) is 8.67. The minimum atomic E-state index is -0.861. The van der Waals surface area contributed by atoms with E-state index in [0.717, 1.165) is 5.57 Å². The van der Waals surface area contributed by atoms with Crippen molar-refractivity contribution in [1.29, 1.82) is 0 Å². The third-order valence-electron chi connectivity index (χ3n) is 0.877. The first-order chi connectivity index (χ1) is 3.79. The van der Waals surface area contributed by atoms with E-state index in [9.17, 15) is 0 Å². The molecule has 0 bridgehead atoms. The standard InChI is InChI=1S/C6H7O2/c1-5-2-3-8-6(7)4-5/h2-3,6-7H,1H3. The van der Waals surface area contributed by atoms with Crippen LogP contribution in [0, 0.1) is 6.08 Å². The molecule has 1 rings (SSSR count). The van der Waals surface area contributed by atoms with Crippen molar-refractivity contribution in [2.75, 3.05) is 0 Å². The summed E-state index contributed by atoms with van der Waals surface area (Å²) in [5.41, 5.74) is 0.906. The van der Waals surface area contributed by atoms with Crippen LogP contribution in [0.2, 0.25) is 0 Å². The molecule has 2 heteroatoms. The first-order valence-corrected chi connectivity index (χ1v) is 2.39. The molecule has 0 aliphatic carbocycles. The Balaban J connectivity index is 2.63. The van der Waals surface area contributed by atoms with Gasteiger partial charge in [-0.05, 0) is 18.6 Å². The van der Waals surface area contributed by atoms with Crippen molar-refractivity contribution in [3.63, 3.8) is 0 Å². The van der Waals surface area contributed by atoms with Crippen molar-refractivity contribution >= 4 is 0 Å². The number of hydrogen-bond donors (Lipinski definition) is 1. The molecule has 0 amide bonds. The molecular formula is C6H7O2. The quantitative estimate of drug-likeness (QED) is 0.496. The highest BCUT2D eigenvalue weighted by Crippen LogP contribution is 2.04. The maximum absolute atomic E-state index is 8.67. The Labute approximate surface area is 48.1 Å². The highest BCUT2D eigenvalue weighted by atomic mass is 16.6. The lowest BCUT2D eigenvalue weighted by Gasteiger charge is -2.08. The molecule has 1 N–H and O–H groups in total. The highest BCUT2D eigenvalue weighted by molar-refractivity contribution is 5.13. The summed E-state index contributed by atoms with van der Waals surface area (Å²) in [4.78, 5) is 0. The number of hydrogen-bond acceptors (Lipinski definition) is 2. The van der Waals surface area contributed by atoms with Gasteiger partial charge in [-0.1, -0.05) is 0 Å². The van der Waals surface area contributed by atoms with E-state index in [2.05, 4.69) is 10.8 Å². The average molecular weight is 111 g/mol. The van der Waals surface area contributed by atoms with Crippen LogP contribution in [0.25, 0.3) is 0 Å². The SMILES string of the molecule is CC1=[C]C(O)OC=C1. The zero-order valence-electron chi connectivity index (χ0n) is 4.59. The van der Waals surface area contributed by atoms with E-state index in [1.165, 1.54) is 6.26 Å². The summed E-state index contributed by atoms with van der Waals surface area (Å²) in [5.74, 6) is 0. The second-order valence-corrected chi connectivity index (χ2v) is 1.62. The molecule has 0 fully saturated rings. The van der Waals surface area contributed by atoms with Gasteiger partial charge >= 0.3 is 0 Å². The Morgan fingerprint density at radius 2 is 2.62 bits per heavy atom. The van der Waals surface area contributed by atoms with Gasteiger partial charge in [-0.15, -0.1) is 0 Å². The first-order valence-electron chi connectivity index (χ1n) is 2.39. The molecular weight excluding hydrogens is 104 g/mol. The lowest BCUT2D eigenvalue weighted by Crippen LogP contribution is -2.07. The molecule has 0 saturated heterocycles. The number of allylic oxidation sites excluding steroid dienone is 2. The van der Waals surface area contributed by atoms with Crippen LogP contribution in [-0.4, -0.2) is 11.4 Å². The number of aliphatic hydroxyl groups is 1. The van der Waals surface area contributed by atoms with Gasteiger partial charge in [0.05, 0.1) is 6.26 Å². The number of aliphatic hydroxyl groups excluding tert-OH is 1. The third kappa shape index (κ3) is 1.10. The maximum atomic E-state index is 8.67. The topological polar surface area (TPSA) is 29.5 Å². The normalized spacial score (nSPS) is 26.8. The van der Waals surface area contributed by atoms with Crippen LogP contribution in [0.15, 0.2) is 17.9 Å². The van der Waals surface area contributed by atoms with Crippen LogP contribution in [0.3, 0.4) is 0 Å².